The molecule has 0 aliphatic carbocycles. The molecule has 1 saturated heterocycles. The molecule has 18 heavy (non-hydrogen) atoms. The number of carboxylic acids is 1. The lowest BCUT2D eigenvalue weighted by atomic mass is 9.97. The summed E-state index contributed by atoms with van der Waals surface area (Å²) in [7, 11) is 3.40. The summed E-state index contributed by atoms with van der Waals surface area (Å²) in [5.74, 6) is -1.05. The molecule has 6 nitrogen and oxygen atoms in total. The fourth-order valence-electron chi connectivity index (χ4n) is 2.10. The Kier molecular flexibility index (Phi) is 5.91. The van der Waals surface area contributed by atoms with Gasteiger partial charge in [-0.1, -0.05) is 0 Å². The van der Waals surface area contributed by atoms with E-state index in [0.717, 1.165) is 6.42 Å². The summed E-state index contributed by atoms with van der Waals surface area (Å²) in [6, 6.07) is -0.0186. The van der Waals surface area contributed by atoms with Gasteiger partial charge in [-0.3, -0.25) is 4.79 Å². The van der Waals surface area contributed by atoms with E-state index in [0.29, 0.717) is 39.1 Å². The third-order valence-corrected chi connectivity index (χ3v) is 3.28. The Balaban J connectivity index is 2.32. The maximum atomic E-state index is 12.0. The number of amides is 2. The minimum absolute atomic E-state index is 0.0186. The number of rotatable bonds is 5. The number of carbonyl (C=O) groups is 2. The van der Waals surface area contributed by atoms with E-state index in [-0.39, 0.29) is 11.9 Å². The van der Waals surface area contributed by atoms with Crippen LogP contribution in [0.4, 0.5) is 4.79 Å². The summed E-state index contributed by atoms with van der Waals surface area (Å²) < 4.78 is 4.94. The molecule has 0 spiro atoms. The van der Waals surface area contributed by atoms with Crippen LogP contribution < -0.4 is 0 Å². The summed E-state index contributed by atoms with van der Waals surface area (Å²) in [6.07, 6.45) is 1.91. The lowest BCUT2D eigenvalue weighted by Gasteiger charge is -2.33. The van der Waals surface area contributed by atoms with Crippen molar-refractivity contribution in [3.63, 3.8) is 0 Å². The first kappa shape index (κ1) is 14.8. The van der Waals surface area contributed by atoms with Gasteiger partial charge in [-0.25, -0.2) is 4.79 Å². The van der Waals surface area contributed by atoms with Crippen molar-refractivity contribution in [2.45, 2.75) is 19.3 Å². The van der Waals surface area contributed by atoms with Gasteiger partial charge in [0.1, 0.15) is 0 Å². The first-order chi connectivity index (χ1) is 8.56. The third kappa shape index (κ3) is 4.18. The van der Waals surface area contributed by atoms with Gasteiger partial charge in [-0.05, 0) is 19.3 Å². The first-order valence-electron chi connectivity index (χ1n) is 6.28. The van der Waals surface area contributed by atoms with E-state index in [2.05, 4.69) is 0 Å². The highest BCUT2D eigenvalue weighted by molar-refractivity contribution is 5.75. The van der Waals surface area contributed by atoms with Crippen LogP contribution in [0.25, 0.3) is 0 Å². The Bertz CT molecular complexity index is 288. The molecule has 0 aromatic carbocycles. The molecule has 1 aliphatic heterocycles. The molecule has 0 atom stereocenters. The van der Waals surface area contributed by atoms with E-state index in [1.807, 2.05) is 0 Å². The average Bonchev–Trinajstić information content (AvgIpc) is 2.38. The van der Waals surface area contributed by atoms with Gasteiger partial charge in [0, 0.05) is 40.4 Å². The molecular formula is C12H22N2O4. The standard InChI is InChI=1S/C12H22N2O4/c1-13(6-3-9-18-2)12(17)14-7-4-10(5-8-14)11(15)16/h10H,3-9H2,1-2H3,(H,15,16). The zero-order chi connectivity index (χ0) is 13.5. The SMILES string of the molecule is COCCCN(C)C(=O)N1CCC(C(=O)O)CC1. The van der Waals surface area contributed by atoms with Gasteiger partial charge in [0.15, 0.2) is 0 Å². The Morgan fingerprint density at radius 1 is 1.39 bits per heavy atom. The van der Waals surface area contributed by atoms with Crippen molar-refractivity contribution in [1.82, 2.24) is 9.80 Å². The molecule has 2 amide bonds. The molecule has 0 unspecified atom stereocenters. The second kappa shape index (κ2) is 7.20. The van der Waals surface area contributed by atoms with Gasteiger partial charge in [-0.2, -0.15) is 0 Å². The molecule has 104 valence electrons. The molecule has 0 saturated carbocycles. The maximum absolute atomic E-state index is 12.0. The lowest BCUT2D eigenvalue weighted by molar-refractivity contribution is -0.143. The molecule has 1 aliphatic rings. The molecule has 1 rings (SSSR count). The van der Waals surface area contributed by atoms with E-state index in [1.54, 1.807) is 24.0 Å². The van der Waals surface area contributed by atoms with Crippen molar-refractivity contribution in [1.29, 1.82) is 0 Å². The normalized spacial score (nSPS) is 16.7. The topological polar surface area (TPSA) is 70.1 Å². The van der Waals surface area contributed by atoms with Crippen LogP contribution in [0.2, 0.25) is 0 Å². The molecule has 0 aromatic rings. The van der Waals surface area contributed by atoms with E-state index in [9.17, 15) is 9.59 Å². The van der Waals surface area contributed by atoms with Gasteiger partial charge in [-0.15, -0.1) is 0 Å². The zero-order valence-electron chi connectivity index (χ0n) is 11.1. The third-order valence-electron chi connectivity index (χ3n) is 3.28. The number of aliphatic carboxylic acids is 1. The number of likely N-dealkylation sites (tertiary alicyclic amines) is 1. The van der Waals surface area contributed by atoms with Gasteiger partial charge in [0.05, 0.1) is 5.92 Å². The number of carboxylic acid groups (broad SMARTS) is 1. The maximum Gasteiger partial charge on any atom is 0.319 e. The predicted octanol–water partition coefficient (Wildman–Crippen LogP) is 0.871. The fraction of sp³-hybridized carbons (Fsp3) is 0.833. The highest BCUT2D eigenvalue weighted by atomic mass is 16.5. The van der Waals surface area contributed by atoms with Crippen molar-refractivity contribution in [2.75, 3.05) is 40.4 Å². The summed E-state index contributed by atoms with van der Waals surface area (Å²) in [5, 5.41) is 8.89. The Hall–Kier alpha value is -1.30. The van der Waals surface area contributed by atoms with Crippen LogP contribution in [-0.2, 0) is 9.53 Å². The second-order valence-electron chi connectivity index (χ2n) is 4.65. The molecule has 1 fully saturated rings. The fourth-order valence-corrected chi connectivity index (χ4v) is 2.10. The molecule has 0 radical (unpaired) electrons. The highest BCUT2D eigenvalue weighted by Crippen LogP contribution is 2.18. The number of methoxy groups -OCH3 is 1. The molecular weight excluding hydrogens is 236 g/mol. The summed E-state index contributed by atoms with van der Waals surface area (Å²) >= 11 is 0. The minimum Gasteiger partial charge on any atom is -0.481 e. The van der Waals surface area contributed by atoms with Crippen molar-refractivity contribution >= 4 is 12.0 Å². The van der Waals surface area contributed by atoms with Gasteiger partial charge in [0.2, 0.25) is 0 Å². The number of hydrogen-bond acceptors (Lipinski definition) is 3. The average molecular weight is 258 g/mol. The van der Waals surface area contributed by atoms with Crippen molar-refractivity contribution in [3.05, 3.63) is 0 Å². The van der Waals surface area contributed by atoms with Crippen molar-refractivity contribution in [2.24, 2.45) is 5.92 Å². The monoisotopic (exact) mass is 258 g/mol. The minimum atomic E-state index is -0.754. The van der Waals surface area contributed by atoms with Crippen LogP contribution >= 0.6 is 0 Å². The van der Waals surface area contributed by atoms with E-state index < -0.39 is 5.97 Å². The van der Waals surface area contributed by atoms with Crippen LogP contribution in [0.15, 0.2) is 0 Å². The van der Waals surface area contributed by atoms with E-state index in [4.69, 9.17) is 9.84 Å². The number of carbonyl (C=O) groups excluding carboxylic acids is 1. The Labute approximate surface area is 107 Å². The zero-order valence-corrected chi connectivity index (χ0v) is 11.1. The van der Waals surface area contributed by atoms with Crippen molar-refractivity contribution < 1.29 is 19.4 Å². The number of nitrogens with zero attached hydrogens (tertiary/aromatic N) is 2. The van der Waals surface area contributed by atoms with Gasteiger partial charge >= 0.3 is 12.0 Å². The molecule has 0 bridgehead atoms. The molecule has 1 N–H and O–H groups in total. The van der Waals surface area contributed by atoms with E-state index >= 15 is 0 Å². The van der Waals surface area contributed by atoms with Crippen LogP contribution in [0.3, 0.4) is 0 Å². The molecule has 6 heteroatoms. The summed E-state index contributed by atoms with van der Waals surface area (Å²) in [6.45, 7) is 2.36. The predicted molar refractivity (Wildman–Crippen MR) is 66.5 cm³/mol. The lowest BCUT2D eigenvalue weighted by Crippen LogP contribution is -2.46. The number of hydrogen-bond donors (Lipinski definition) is 1. The van der Waals surface area contributed by atoms with Crippen LogP contribution in [-0.4, -0.2) is 67.3 Å². The van der Waals surface area contributed by atoms with Crippen molar-refractivity contribution in [3.8, 4) is 0 Å². The van der Waals surface area contributed by atoms with Gasteiger partial charge < -0.3 is 19.6 Å². The first-order valence-corrected chi connectivity index (χ1v) is 6.28. The number of piperidine rings is 1. The quantitative estimate of drug-likeness (QED) is 0.743. The summed E-state index contributed by atoms with van der Waals surface area (Å²) in [5.41, 5.74) is 0. The highest BCUT2D eigenvalue weighted by Gasteiger charge is 2.28. The van der Waals surface area contributed by atoms with Crippen LogP contribution in [0, 0.1) is 5.92 Å². The summed E-state index contributed by atoms with van der Waals surface area (Å²) in [4.78, 5) is 26.2. The largest absolute Gasteiger partial charge is 0.481 e. The molecule has 0 aromatic heterocycles. The second-order valence-corrected chi connectivity index (χ2v) is 4.65. The Morgan fingerprint density at radius 2 is 2.00 bits per heavy atom. The van der Waals surface area contributed by atoms with Crippen LogP contribution in [0.1, 0.15) is 19.3 Å². The van der Waals surface area contributed by atoms with Gasteiger partial charge in [0.25, 0.3) is 0 Å². The number of urea groups is 1. The Morgan fingerprint density at radius 3 is 2.50 bits per heavy atom. The number of ether oxygens (including phenoxy) is 1. The van der Waals surface area contributed by atoms with E-state index in [1.165, 1.54) is 0 Å². The smallest absolute Gasteiger partial charge is 0.319 e. The van der Waals surface area contributed by atoms with Crippen LogP contribution in [0.5, 0.6) is 0 Å². The molecule has 1 heterocycles.